The lowest BCUT2D eigenvalue weighted by atomic mass is 9.80. The Balaban J connectivity index is 2.07. The van der Waals surface area contributed by atoms with Crippen LogP contribution in [0.25, 0.3) is 0 Å². The molecule has 1 N–H and O–H groups in total. The molecule has 1 aliphatic carbocycles. The summed E-state index contributed by atoms with van der Waals surface area (Å²) in [6, 6.07) is 0.388. The molecule has 1 saturated carbocycles. The summed E-state index contributed by atoms with van der Waals surface area (Å²) >= 11 is 11.6. The topological polar surface area (TPSA) is 50.7 Å². The van der Waals surface area contributed by atoms with Crippen molar-refractivity contribution < 1.29 is 0 Å². The Labute approximate surface area is 111 Å². The molecule has 1 heterocycles. The Morgan fingerprint density at radius 3 is 2.35 bits per heavy atom. The smallest absolute Gasteiger partial charge is 0.245 e. The molecule has 1 aromatic rings. The van der Waals surface area contributed by atoms with Crippen LogP contribution in [0.1, 0.15) is 33.1 Å². The van der Waals surface area contributed by atoms with Crippen LogP contribution in [0, 0.1) is 11.8 Å². The average Bonchev–Trinajstić information content (AvgIpc) is 2.22. The number of rotatable bonds is 2. The highest BCUT2D eigenvalue weighted by atomic mass is 35.5. The van der Waals surface area contributed by atoms with Gasteiger partial charge in [0.1, 0.15) is 0 Å². The van der Waals surface area contributed by atoms with E-state index in [0.29, 0.717) is 11.9 Å². The molecule has 0 saturated heterocycles. The molecule has 0 amide bonds. The van der Waals surface area contributed by atoms with Crippen LogP contribution in [-0.4, -0.2) is 21.2 Å². The van der Waals surface area contributed by atoms with Crippen molar-refractivity contribution in [3.63, 3.8) is 0 Å². The molecule has 0 bridgehead atoms. The Morgan fingerprint density at radius 2 is 1.71 bits per heavy atom. The maximum Gasteiger partial charge on any atom is 0.245 e. The number of hydrogen-bond acceptors (Lipinski definition) is 4. The molecule has 1 aliphatic rings. The first-order valence-electron chi connectivity index (χ1n) is 5.87. The third kappa shape index (κ3) is 3.42. The van der Waals surface area contributed by atoms with E-state index in [0.717, 1.165) is 24.7 Å². The Bertz CT molecular complexity index is 389. The zero-order chi connectivity index (χ0) is 12.4. The third-order valence-electron chi connectivity index (χ3n) is 3.14. The monoisotopic (exact) mass is 274 g/mol. The minimum atomic E-state index is 0.119. The number of aromatic nitrogens is 3. The van der Waals surface area contributed by atoms with Crippen molar-refractivity contribution in [1.82, 2.24) is 15.2 Å². The summed E-state index contributed by atoms with van der Waals surface area (Å²) < 4.78 is 0. The predicted molar refractivity (Wildman–Crippen MR) is 69.4 cm³/mol. The molecule has 2 atom stereocenters. The molecule has 0 aliphatic heterocycles. The van der Waals surface area contributed by atoms with E-state index in [1.807, 2.05) is 0 Å². The van der Waals surface area contributed by atoms with Gasteiger partial charge in [-0.15, -0.1) is 10.2 Å². The fourth-order valence-corrected chi connectivity index (χ4v) is 2.90. The van der Waals surface area contributed by atoms with Gasteiger partial charge in [0.25, 0.3) is 0 Å². The van der Waals surface area contributed by atoms with E-state index in [2.05, 4.69) is 34.3 Å². The first kappa shape index (κ1) is 12.8. The van der Waals surface area contributed by atoms with Crippen molar-refractivity contribution in [3.8, 4) is 0 Å². The van der Waals surface area contributed by atoms with Gasteiger partial charge in [0, 0.05) is 6.04 Å². The summed E-state index contributed by atoms with van der Waals surface area (Å²) in [7, 11) is 0. The summed E-state index contributed by atoms with van der Waals surface area (Å²) in [5.41, 5.74) is 0. The van der Waals surface area contributed by atoms with E-state index in [1.54, 1.807) is 0 Å². The van der Waals surface area contributed by atoms with Gasteiger partial charge in [-0.05, 0) is 42.7 Å². The van der Waals surface area contributed by atoms with Crippen molar-refractivity contribution in [3.05, 3.63) is 10.4 Å². The van der Waals surface area contributed by atoms with Crippen LogP contribution in [0.15, 0.2) is 0 Å². The average molecular weight is 275 g/mol. The lowest BCUT2D eigenvalue weighted by Gasteiger charge is -2.32. The molecule has 2 rings (SSSR count). The SMILES string of the molecule is CC1CC(C)CC(Nc2nc(Cl)nnc2Cl)C1. The number of hydrogen-bond donors (Lipinski definition) is 1. The Kier molecular flexibility index (Phi) is 4.05. The Hall–Kier alpha value is -0.610. The van der Waals surface area contributed by atoms with Gasteiger partial charge in [-0.3, -0.25) is 0 Å². The van der Waals surface area contributed by atoms with Crippen LogP contribution in [0.5, 0.6) is 0 Å². The lowest BCUT2D eigenvalue weighted by Crippen LogP contribution is -2.30. The number of halogens is 2. The molecular weight excluding hydrogens is 259 g/mol. The van der Waals surface area contributed by atoms with Gasteiger partial charge in [-0.2, -0.15) is 4.98 Å². The molecule has 0 spiro atoms. The number of nitrogens with one attached hydrogen (secondary N) is 1. The molecule has 6 heteroatoms. The van der Waals surface area contributed by atoms with Crippen molar-refractivity contribution in [2.24, 2.45) is 11.8 Å². The summed E-state index contributed by atoms with van der Waals surface area (Å²) in [4.78, 5) is 4.07. The van der Waals surface area contributed by atoms with Crippen molar-refractivity contribution in [1.29, 1.82) is 0 Å². The van der Waals surface area contributed by atoms with E-state index in [1.165, 1.54) is 6.42 Å². The molecule has 94 valence electrons. The van der Waals surface area contributed by atoms with Crippen LogP contribution in [0.4, 0.5) is 5.82 Å². The number of anilines is 1. The normalized spacial score (nSPS) is 29.1. The second-order valence-corrected chi connectivity index (χ2v) is 5.68. The minimum Gasteiger partial charge on any atom is -0.365 e. The minimum absolute atomic E-state index is 0.119. The van der Waals surface area contributed by atoms with E-state index in [-0.39, 0.29) is 10.4 Å². The van der Waals surface area contributed by atoms with Crippen LogP contribution < -0.4 is 5.32 Å². The van der Waals surface area contributed by atoms with E-state index < -0.39 is 0 Å². The largest absolute Gasteiger partial charge is 0.365 e. The standard InChI is InChI=1S/C11H16Cl2N4/c1-6-3-7(2)5-8(4-6)14-10-9(12)16-17-11(13)15-10/h6-8H,3-5H2,1-2H3,(H,14,15,17). The third-order valence-corrected chi connectivity index (χ3v) is 3.55. The highest BCUT2D eigenvalue weighted by Gasteiger charge is 2.24. The summed E-state index contributed by atoms with van der Waals surface area (Å²) in [5.74, 6) is 1.98. The van der Waals surface area contributed by atoms with Crippen LogP contribution in [0.2, 0.25) is 10.4 Å². The summed E-state index contributed by atoms with van der Waals surface area (Å²) in [5, 5.41) is 11.1. The zero-order valence-electron chi connectivity index (χ0n) is 9.95. The van der Waals surface area contributed by atoms with Crippen LogP contribution in [0.3, 0.4) is 0 Å². The van der Waals surface area contributed by atoms with Gasteiger partial charge in [-0.25, -0.2) is 0 Å². The first-order chi connectivity index (χ1) is 8.04. The molecule has 0 radical (unpaired) electrons. The van der Waals surface area contributed by atoms with Crippen molar-refractivity contribution >= 4 is 29.0 Å². The predicted octanol–water partition coefficient (Wildman–Crippen LogP) is 3.42. The second kappa shape index (κ2) is 5.36. The summed E-state index contributed by atoms with van der Waals surface area (Å²) in [6.07, 6.45) is 3.54. The first-order valence-corrected chi connectivity index (χ1v) is 6.62. The fraction of sp³-hybridized carbons (Fsp3) is 0.727. The molecule has 1 fully saturated rings. The molecule has 1 aromatic heterocycles. The van der Waals surface area contributed by atoms with E-state index in [9.17, 15) is 0 Å². The van der Waals surface area contributed by atoms with E-state index >= 15 is 0 Å². The molecule has 17 heavy (non-hydrogen) atoms. The van der Waals surface area contributed by atoms with Crippen molar-refractivity contribution in [2.45, 2.75) is 39.2 Å². The maximum atomic E-state index is 5.93. The lowest BCUT2D eigenvalue weighted by molar-refractivity contribution is 0.280. The van der Waals surface area contributed by atoms with Gasteiger partial charge in [-0.1, -0.05) is 25.4 Å². The maximum absolute atomic E-state index is 5.93. The molecular formula is C11H16Cl2N4. The van der Waals surface area contributed by atoms with E-state index in [4.69, 9.17) is 23.2 Å². The van der Waals surface area contributed by atoms with Gasteiger partial charge in [0.2, 0.25) is 5.28 Å². The molecule has 2 unspecified atom stereocenters. The highest BCUT2D eigenvalue weighted by Crippen LogP contribution is 2.31. The number of nitrogens with zero attached hydrogens (tertiary/aromatic N) is 3. The van der Waals surface area contributed by atoms with Gasteiger partial charge < -0.3 is 5.32 Å². The molecule has 4 nitrogen and oxygen atoms in total. The fourth-order valence-electron chi connectivity index (χ4n) is 2.64. The van der Waals surface area contributed by atoms with Crippen LogP contribution >= 0.6 is 23.2 Å². The highest BCUT2D eigenvalue weighted by molar-refractivity contribution is 6.32. The Morgan fingerprint density at radius 1 is 1.06 bits per heavy atom. The van der Waals surface area contributed by atoms with Crippen molar-refractivity contribution in [2.75, 3.05) is 5.32 Å². The summed E-state index contributed by atoms with van der Waals surface area (Å²) in [6.45, 7) is 4.55. The van der Waals surface area contributed by atoms with Gasteiger partial charge >= 0.3 is 0 Å². The molecule has 0 aromatic carbocycles. The zero-order valence-corrected chi connectivity index (χ0v) is 11.5. The van der Waals surface area contributed by atoms with Gasteiger partial charge in [0.15, 0.2) is 11.0 Å². The van der Waals surface area contributed by atoms with Crippen LogP contribution in [-0.2, 0) is 0 Å². The second-order valence-electron chi connectivity index (χ2n) is 4.98. The van der Waals surface area contributed by atoms with Gasteiger partial charge in [0.05, 0.1) is 0 Å². The quantitative estimate of drug-likeness (QED) is 0.898.